The number of hydrogen-bond acceptors (Lipinski definition) is 4. The predicted molar refractivity (Wildman–Crippen MR) is 101 cm³/mol. The van der Waals surface area contributed by atoms with E-state index in [1.807, 2.05) is 25.7 Å². The summed E-state index contributed by atoms with van der Waals surface area (Å²) in [6, 6.07) is 0.556. The van der Waals surface area contributed by atoms with Gasteiger partial charge in [0.2, 0.25) is 0 Å². The van der Waals surface area contributed by atoms with E-state index in [9.17, 15) is 0 Å². The zero-order valence-corrected chi connectivity index (χ0v) is 15.9. The molecule has 6 nitrogen and oxygen atoms in total. The van der Waals surface area contributed by atoms with Crippen LogP contribution in [0.15, 0.2) is 4.99 Å². The highest BCUT2D eigenvalue weighted by molar-refractivity contribution is 7.99. The number of aliphatic imine (C=N–C) groups is 1. The van der Waals surface area contributed by atoms with Crippen molar-refractivity contribution in [1.29, 1.82) is 0 Å². The highest BCUT2D eigenvalue weighted by atomic mass is 32.2. The van der Waals surface area contributed by atoms with Gasteiger partial charge in [-0.05, 0) is 44.8 Å². The van der Waals surface area contributed by atoms with Gasteiger partial charge in [0.05, 0.1) is 0 Å². The highest BCUT2D eigenvalue weighted by Crippen LogP contribution is 2.26. The third-order valence-electron chi connectivity index (χ3n) is 5.31. The van der Waals surface area contributed by atoms with E-state index in [0.717, 1.165) is 42.4 Å². The molecule has 0 aromatic carbocycles. The molecule has 24 heavy (non-hydrogen) atoms. The number of nitrogens with zero attached hydrogens (tertiary/aromatic N) is 4. The average Bonchev–Trinajstić information content (AvgIpc) is 2.99. The second-order valence-corrected chi connectivity index (χ2v) is 8.14. The summed E-state index contributed by atoms with van der Waals surface area (Å²) in [5.41, 5.74) is 0. The van der Waals surface area contributed by atoms with E-state index in [4.69, 9.17) is 0 Å². The van der Waals surface area contributed by atoms with Gasteiger partial charge in [-0.25, -0.2) is 0 Å². The largest absolute Gasteiger partial charge is 0.356 e. The average molecular weight is 351 g/mol. The maximum atomic E-state index is 4.43. The lowest BCUT2D eigenvalue weighted by molar-refractivity contribution is 0.356. The summed E-state index contributed by atoms with van der Waals surface area (Å²) in [6.45, 7) is 4.00. The van der Waals surface area contributed by atoms with Gasteiger partial charge in [0, 0.05) is 37.8 Å². The van der Waals surface area contributed by atoms with Gasteiger partial charge in [0.25, 0.3) is 0 Å². The van der Waals surface area contributed by atoms with Crippen LogP contribution in [0.2, 0.25) is 0 Å². The van der Waals surface area contributed by atoms with Crippen LogP contribution in [0.1, 0.15) is 43.8 Å². The van der Waals surface area contributed by atoms with Crippen molar-refractivity contribution in [3.63, 3.8) is 0 Å². The fourth-order valence-corrected chi connectivity index (χ4v) is 4.64. The summed E-state index contributed by atoms with van der Waals surface area (Å²) < 4.78 is 2.26. The minimum atomic E-state index is 0.556. The standard InChI is InChI=1S/C17H30N6S/c1-12-21-22-16-8-7-13(11-23(12)16)10-19-17(18-2)20-14-5-4-6-15(9-14)24-3/h13-15H,4-11H2,1-3H3,(H2,18,19,20). The lowest BCUT2D eigenvalue weighted by Gasteiger charge is -2.30. The number of thioether (sulfide) groups is 1. The predicted octanol–water partition coefficient (Wildman–Crippen LogP) is 1.99. The van der Waals surface area contributed by atoms with Crippen molar-refractivity contribution in [2.45, 2.75) is 63.3 Å². The second-order valence-electron chi connectivity index (χ2n) is 7.00. The van der Waals surface area contributed by atoms with E-state index in [1.54, 1.807) is 0 Å². The Kier molecular flexibility index (Phi) is 6.03. The molecule has 7 heteroatoms. The van der Waals surface area contributed by atoms with Crippen molar-refractivity contribution in [3.8, 4) is 0 Å². The van der Waals surface area contributed by atoms with Gasteiger partial charge in [-0.2, -0.15) is 11.8 Å². The van der Waals surface area contributed by atoms with Crippen LogP contribution < -0.4 is 10.6 Å². The van der Waals surface area contributed by atoms with E-state index in [1.165, 1.54) is 32.1 Å². The smallest absolute Gasteiger partial charge is 0.191 e. The van der Waals surface area contributed by atoms with Crippen molar-refractivity contribution in [3.05, 3.63) is 11.6 Å². The zero-order chi connectivity index (χ0) is 16.9. The summed E-state index contributed by atoms with van der Waals surface area (Å²) in [5, 5.41) is 16.4. The fourth-order valence-electron chi connectivity index (χ4n) is 3.82. The Morgan fingerprint density at radius 2 is 2.21 bits per heavy atom. The molecule has 0 spiro atoms. The Labute approximate surface area is 149 Å². The molecule has 1 aromatic heterocycles. The maximum Gasteiger partial charge on any atom is 0.191 e. The number of aromatic nitrogens is 3. The molecule has 1 aliphatic heterocycles. The number of hydrogen-bond donors (Lipinski definition) is 2. The van der Waals surface area contributed by atoms with Crippen molar-refractivity contribution < 1.29 is 0 Å². The maximum absolute atomic E-state index is 4.43. The van der Waals surface area contributed by atoms with Crippen LogP contribution in [0.25, 0.3) is 0 Å². The van der Waals surface area contributed by atoms with E-state index in [-0.39, 0.29) is 0 Å². The van der Waals surface area contributed by atoms with Crippen molar-refractivity contribution >= 4 is 17.7 Å². The highest BCUT2D eigenvalue weighted by Gasteiger charge is 2.24. The third-order valence-corrected chi connectivity index (χ3v) is 6.41. The van der Waals surface area contributed by atoms with E-state index >= 15 is 0 Å². The van der Waals surface area contributed by atoms with Gasteiger partial charge in [0.1, 0.15) is 11.6 Å². The first-order valence-corrected chi connectivity index (χ1v) is 10.4. The van der Waals surface area contributed by atoms with Crippen LogP contribution in [0.3, 0.4) is 0 Å². The molecule has 0 saturated heterocycles. The molecular weight excluding hydrogens is 320 g/mol. The monoisotopic (exact) mass is 350 g/mol. The van der Waals surface area contributed by atoms with Crippen molar-refractivity contribution in [2.75, 3.05) is 19.8 Å². The first-order chi connectivity index (χ1) is 11.7. The third kappa shape index (κ3) is 4.23. The van der Waals surface area contributed by atoms with Crippen LogP contribution in [-0.4, -0.2) is 51.9 Å². The Hall–Kier alpha value is -1.24. The van der Waals surface area contributed by atoms with Crippen LogP contribution in [0, 0.1) is 12.8 Å². The molecule has 0 radical (unpaired) electrons. The Morgan fingerprint density at radius 1 is 1.33 bits per heavy atom. The molecule has 1 aliphatic carbocycles. The van der Waals surface area contributed by atoms with Gasteiger partial charge in [-0.1, -0.05) is 6.42 Å². The van der Waals surface area contributed by atoms with Crippen molar-refractivity contribution in [1.82, 2.24) is 25.4 Å². The lowest BCUT2D eigenvalue weighted by Crippen LogP contribution is -2.47. The molecule has 2 aliphatic rings. The van der Waals surface area contributed by atoms with Crippen LogP contribution in [0.5, 0.6) is 0 Å². The molecule has 3 atom stereocenters. The molecule has 0 amide bonds. The molecule has 2 heterocycles. The normalized spacial score (nSPS) is 27.6. The zero-order valence-electron chi connectivity index (χ0n) is 15.1. The van der Waals surface area contributed by atoms with Crippen LogP contribution in [0.4, 0.5) is 0 Å². The van der Waals surface area contributed by atoms with Gasteiger partial charge < -0.3 is 15.2 Å². The molecular formula is C17H30N6S. The molecule has 0 bridgehead atoms. The van der Waals surface area contributed by atoms with Crippen LogP contribution >= 0.6 is 11.8 Å². The molecule has 3 rings (SSSR count). The topological polar surface area (TPSA) is 67.1 Å². The lowest BCUT2D eigenvalue weighted by atomic mass is 9.95. The molecule has 1 aromatic rings. The second kappa shape index (κ2) is 8.23. The molecule has 3 unspecified atom stereocenters. The summed E-state index contributed by atoms with van der Waals surface area (Å²) in [7, 11) is 1.87. The number of fused-ring (bicyclic) bond motifs is 1. The Bertz CT molecular complexity index is 569. The summed E-state index contributed by atoms with van der Waals surface area (Å²) in [4.78, 5) is 4.43. The van der Waals surface area contributed by atoms with Gasteiger partial charge in [-0.3, -0.25) is 4.99 Å². The van der Waals surface area contributed by atoms with Gasteiger partial charge in [0.15, 0.2) is 5.96 Å². The molecule has 1 fully saturated rings. The van der Waals surface area contributed by atoms with E-state index < -0.39 is 0 Å². The number of guanidine groups is 1. The number of rotatable bonds is 4. The van der Waals surface area contributed by atoms with Crippen molar-refractivity contribution in [2.24, 2.45) is 10.9 Å². The minimum absolute atomic E-state index is 0.556. The Balaban J connectivity index is 1.47. The first kappa shape index (κ1) is 17.6. The van der Waals surface area contributed by atoms with Gasteiger partial charge in [-0.15, -0.1) is 10.2 Å². The summed E-state index contributed by atoms with van der Waals surface area (Å²) in [5.74, 6) is 3.73. The molecule has 1 saturated carbocycles. The number of nitrogens with one attached hydrogen (secondary N) is 2. The number of aryl methyl sites for hydroxylation is 2. The summed E-state index contributed by atoms with van der Waals surface area (Å²) >= 11 is 2.00. The van der Waals surface area contributed by atoms with E-state index in [2.05, 4.69) is 36.6 Å². The SMILES string of the molecule is CN=C(NCC1CCc2nnc(C)n2C1)NC1CCCC(SC)C1. The van der Waals surface area contributed by atoms with Gasteiger partial charge >= 0.3 is 0 Å². The minimum Gasteiger partial charge on any atom is -0.356 e. The summed E-state index contributed by atoms with van der Waals surface area (Å²) in [6.07, 6.45) is 9.59. The first-order valence-electron chi connectivity index (χ1n) is 9.08. The van der Waals surface area contributed by atoms with Crippen LogP contribution in [-0.2, 0) is 13.0 Å². The van der Waals surface area contributed by atoms with E-state index in [0.29, 0.717) is 12.0 Å². The molecule has 2 N–H and O–H groups in total. The fraction of sp³-hybridized carbons (Fsp3) is 0.824. The molecule has 134 valence electrons. The quantitative estimate of drug-likeness (QED) is 0.642. The Morgan fingerprint density at radius 3 is 3.00 bits per heavy atom.